The van der Waals surface area contributed by atoms with E-state index in [1.165, 1.54) is 28.5 Å². The largest absolute Gasteiger partial charge is 0.434 e. The van der Waals surface area contributed by atoms with Gasteiger partial charge in [0.2, 0.25) is 5.95 Å². The molecule has 0 saturated carbocycles. The Labute approximate surface area is 227 Å². The summed E-state index contributed by atoms with van der Waals surface area (Å²) < 4.78 is 49.0. The average Bonchev–Trinajstić information content (AvgIpc) is 3.20. The fourth-order valence-electron chi connectivity index (χ4n) is 4.47. The molecule has 5 rings (SSSR count). The van der Waals surface area contributed by atoms with Crippen molar-refractivity contribution in [3.63, 3.8) is 0 Å². The maximum absolute atomic E-state index is 15.9. The zero-order valence-electron chi connectivity index (χ0n) is 22.0. The van der Waals surface area contributed by atoms with Gasteiger partial charge in [-0.05, 0) is 19.2 Å². The molecule has 0 radical (unpaired) electrons. The molecule has 4 aromatic rings. The van der Waals surface area contributed by atoms with E-state index in [0.29, 0.717) is 23.4 Å². The highest BCUT2D eigenvalue weighted by atomic mass is 19.3. The van der Waals surface area contributed by atoms with Crippen LogP contribution in [0.25, 0.3) is 22.0 Å². The highest BCUT2D eigenvalue weighted by molar-refractivity contribution is 5.85. The molecule has 0 bridgehead atoms. The second-order valence-corrected chi connectivity index (χ2v) is 9.11. The van der Waals surface area contributed by atoms with Crippen molar-refractivity contribution in [2.75, 3.05) is 44.7 Å². The minimum absolute atomic E-state index is 0.0359. The van der Waals surface area contributed by atoms with Gasteiger partial charge in [0.15, 0.2) is 5.82 Å². The molecular weight excluding hydrogens is 529 g/mol. The second-order valence-electron chi connectivity index (χ2n) is 9.11. The highest BCUT2D eigenvalue weighted by Crippen LogP contribution is 2.30. The number of aromatic nitrogens is 4. The molecule has 0 atom stereocenters. The van der Waals surface area contributed by atoms with E-state index in [9.17, 15) is 13.6 Å². The van der Waals surface area contributed by atoms with Crippen LogP contribution in [0.1, 0.15) is 5.56 Å². The minimum Gasteiger partial charge on any atom is -0.434 e. The van der Waals surface area contributed by atoms with Crippen LogP contribution in [0.2, 0.25) is 0 Å². The van der Waals surface area contributed by atoms with Gasteiger partial charge in [0.05, 0.1) is 18.5 Å². The molecule has 3 heterocycles. The zero-order valence-corrected chi connectivity index (χ0v) is 22.0. The third-order valence-electron chi connectivity index (χ3n) is 6.58. The third-order valence-corrected chi connectivity index (χ3v) is 6.58. The summed E-state index contributed by atoms with van der Waals surface area (Å²) >= 11 is 0. The van der Waals surface area contributed by atoms with Gasteiger partial charge in [0.25, 0.3) is 5.56 Å². The summed E-state index contributed by atoms with van der Waals surface area (Å²) in [5, 5.41) is 7.69. The van der Waals surface area contributed by atoms with Crippen molar-refractivity contribution in [2.24, 2.45) is 7.05 Å². The zero-order chi connectivity index (χ0) is 28.8. The van der Waals surface area contributed by atoms with Gasteiger partial charge in [-0.15, -0.1) is 0 Å². The van der Waals surface area contributed by atoms with Crippen LogP contribution in [0.5, 0.6) is 5.75 Å². The summed E-state index contributed by atoms with van der Waals surface area (Å²) in [6.07, 6.45) is 3.57. The van der Waals surface area contributed by atoms with Crippen molar-refractivity contribution in [2.45, 2.75) is 13.2 Å². The van der Waals surface area contributed by atoms with E-state index in [0.717, 1.165) is 26.2 Å². The summed E-state index contributed by atoms with van der Waals surface area (Å²) in [7, 11) is 3.57. The Morgan fingerprint density at radius 1 is 1.05 bits per heavy atom. The monoisotopic (exact) mass is 558 g/mol. The molecular formula is C27H29F3N6O4. The number of alkyl halides is 2. The highest BCUT2D eigenvalue weighted by Gasteiger charge is 2.21. The number of aldehydes is 1. The van der Waals surface area contributed by atoms with Crippen LogP contribution in [0.3, 0.4) is 0 Å². The number of ether oxygens (including phenoxy) is 1. The average molecular weight is 559 g/mol. The first-order valence-corrected chi connectivity index (χ1v) is 12.5. The lowest BCUT2D eigenvalue weighted by Crippen LogP contribution is -2.45. The van der Waals surface area contributed by atoms with Gasteiger partial charge in [-0.3, -0.25) is 14.2 Å². The fourth-order valence-corrected chi connectivity index (χ4v) is 4.47. The maximum Gasteiger partial charge on any atom is 0.387 e. The number of likely N-dealkylation sites (N-methyl/N-ethyl adjacent to an activating group) is 1. The number of halogens is 3. The van der Waals surface area contributed by atoms with E-state index in [1.807, 2.05) is 0 Å². The number of anilines is 1. The first kappa shape index (κ1) is 28.8. The van der Waals surface area contributed by atoms with E-state index in [2.05, 4.69) is 31.6 Å². The number of aliphatic hydroxyl groups excluding tert-OH is 1. The van der Waals surface area contributed by atoms with E-state index < -0.39 is 18.0 Å². The van der Waals surface area contributed by atoms with Gasteiger partial charge < -0.3 is 24.4 Å². The summed E-state index contributed by atoms with van der Waals surface area (Å²) in [4.78, 5) is 35.0. The van der Waals surface area contributed by atoms with Crippen LogP contribution < -0.4 is 15.2 Å². The van der Waals surface area contributed by atoms with Crippen molar-refractivity contribution < 1.29 is 27.8 Å². The van der Waals surface area contributed by atoms with E-state index >= 15 is 4.39 Å². The molecule has 0 amide bonds. The van der Waals surface area contributed by atoms with E-state index in [-0.39, 0.29) is 35.4 Å². The Balaban J connectivity index is 0.000000867. The van der Waals surface area contributed by atoms with Gasteiger partial charge in [-0.1, -0.05) is 24.3 Å². The van der Waals surface area contributed by atoms with Gasteiger partial charge in [0, 0.05) is 62.3 Å². The molecule has 2 aromatic heterocycles. The van der Waals surface area contributed by atoms with Crippen LogP contribution in [0, 0.1) is 5.82 Å². The maximum atomic E-state index is 15.9. The first-order chi connectivity index (χ1) is 19.2. The number of nitrogens with zero attached hydrogens (tertiary/aromatic N) is 6. The van der Waals surface area contributed by atoms with Crippen LogP contribution in [-0.4, -0.2) is 82.1 Å². The molecule has 1 fully saturated rings. The summed E-state index contributed by atoms with van der Waals surface area (Å²) in [6.45, 7) is 0.0264. The van der Waals surface area contributed by atoms with Crippen LogP contribution in [-0.2, 0) is 18.4 Å². The van der Waals surface area contributed by atoms with Crippen molar-refractivity contribution >= 4 is 23.1 Å². The molecule has 0 spiro atoms. The Bertz CT molecular complexity index is 1520. The number of benzene rings is 2. The number of carbonyl (C=O) groups excluding carboxylic acids is 1. The summed E-state index contributed by atoms with van der Waals surface area (Å²) in [5.41, 5.74) is 0.759. The smallest absolute Gasteiger partial charge is 0.387 e. The molecule has 0 unspecified atom stereocenters. The lowest BCUT2D eigenvalue weighted by Gasteiger charge is -2.32. The van der Waals surface area contributed by atoms with Gasteiger partial charge in [-0.25, -0.2) is 14.4 Å². The van der Waals surface area contributed by atoms with Crippen LogP contribution >= 0.6 is 0 Å². The van der Waals surface area contributed by atoms with Crippen molar-refractivity contribution in [3.8, 4) is 16.9 Å². The molecule has 13 heteroatoms. The predicted molar refractivity (Wildman–Crippen MR) is 143 cm³/mol. The normalized spacial score (nSPS) is 13.8. The lowest BCUT2D eigenvalue weighted by atomic mass is 10.1. The van der Waals surface area contributed by atoms with Crippen molar-refractivity contribution in [1.29, 1.82) is 0 Å². The van der Waals surface area contributed by atoms with Crippen LogP contribution in [0.15, 0.2) is 53.6 Å². The molecule has 10 nitrogen and oxygen atoms in total. The van der Waals surface area contributed by atoms with Gasteiger partial charge in [0.1, 0.15) is 17.6 Å². The molecule has 1 saturated heterocycles. The number of aliphatic hydroxyl groups is 1. The number of piperazine rings is 1. The standard InChI is InChI=1S/C25H25F3N6O2.C2H4O2/c1-31-9-11-33(12-10-31)25-29-13-17(14-30-25)18-7-8-19-22(21(18)26)34(32(2)23(19)35)15-16-5-3-4-6-20(16)36-24(27)28;3-1-2-4/h3-8,13-14,24H,9-12,15H2,1-2H3;1,4H,2H2. The Kier molecular flexibility index (Phi) is 9.17. The first-order valence-electron chi connectivity index (χ1n) is 12.5. The van der Waals surface area contributed by atoms with Gasteiger partial charge >= 0.3 is 6.61 Å². The van der Waals surface area contributed by atoms with Crippen molar-refractivity contribution in [3.05, 3.63) is 70.5 Å². The minimum atomic E-state index is -3.01. The number of hydrogen-bond donors (Lipinski definition) is 1. The quantitative estimate of drug-likeness (QED) is 0.345. The molecule has 1 aliphatic heterocycles. The number of rotatable bonds is 7. The van der Waals surface area contributed by atoms with E-state index in [4.69, 9.17) is 9.90 Å². The van der Waals surface area contributed by atoms with Crippen molar-refractivity contribution in [1.82, 2.24) is 24.2 Å². The molecule has 1 N–H and O–H groups in total. The van der Waals surface area contributed by atoms with Gasteiger partial charge in [-0.2, -0.15) is 8.78 Å². The Hall–Kier alpha value is -4.23. The number of fused-ring (bicyclic) bond motifs is 1. The molecule has 40 heavy (non-hydrogen) atoms. The predicted octanol–water partition coefficient (Wildman–Crippen LogP) is 2.52. The Morgan fingerprint density at radius 3 is 2.33 bits per heavy atom. The van der Waals surface area contributed by atoms with E-state index in [1.54, 1.807) is 36.7 Å². The Morgan fingerprint density at radius 2 is 1.70 bits per heavy atom. The fraction of sp³-hybridized carbons (Fsp3) is 0.333. The number of hydrogen-bond acceptors (Lipinski definition) is 8. The second kappa shape index (κ2) is 12.7. The lowest BCUT2D eigenvalue weighted by molar-refractivity contribution is -0.110. The summed E-state index contributed by atoms with van der Waals surface area (Å²) in [6, 6.07) is 9.33. The third kappa shape index (κ3) is 6.15. The SMILES string of the molecule is CN1CCN(c2ncc(-c3ccc4c(=O)n(C)n(Cc5ccccc5OC(F)F)c4c3F)cn2)CC1.O=CCO. The van der Waals surface area contributed by atoms with Crippen LogP contribution in [0.4, 0.5) is 19.1 Å². The number of carbonyl (C=O) groups is 1. The molecule has 212 valence electrons. The molecule has 0 aliphatic carbocycles. The molecule has 1 aliphatic rings. The summed E-state index contributed by atoms with van der Waals surface area (Å²) in [5.74, 6) is -0.0692. The molecule has 2 aromatic carbocycles. The number of para-hydroxylation sites is 1. The topological polar surface area (TPSA) is 106 Å².